The Morgan fingerprint density at radius 1 is 1.06 bits per heavy atom. The summed E-state index contributed by atoms with van der Waals surface area (Å²) < 4.78 is 57.4. The molecule has 31 heavy (non-hydrogen) atoms. The number of fused-ring (bicyclic) bond motifs is 1. The highest BCUT2D eigenvalue weighted by Gasteiger charge is 2.35. The minimum Gasteiger partial charge on any atom is -0.490 e. The minimum absolute atomic E-state index is 0. The van der Waals surface area contributed by atoms with E-state index in [1.807, 2.05) is 18.2 Å². The molecule has 4 rings (SSSR count). The monoisotopic (exact) mass is 456 g/mol. The molecule has 0 saturated heterocycles. The Kier molecular flexibility index (Phi) is 7.03. The molecule has 1 heterocycles. The van der Waals surface area contributed by atoms with E-state index in [0.717, 1.165) is 28.0 Å². The number of alkyl halides is 3. The molecule has 1 saturated carbocycles. The van der Waals surface area contributed by atoms with Crippen molar-refractivity contribution in [3.63, 3.8) is 0 Å². The van der Waals surface area contributed by atoms with Crippen LogP contribution < -0.4 is 10.1 Å². The number of benzene rings is 2. The van der Waals surface area contributed by atoms with Crippen LogP contribution in [0, 0.1) is 5.82 Å². The molecule has 0 spiro atoms. The minimum atomic E-state index is -4.75. The first kappa shape index (κ1) is 23.2. The Balaban J connectivity index is 0.00000272. The molecule has 2 N–H and O–H groups in total. The summed E-state index contributed by atoms with van der Waals surface area (Å²) in [6, 6.07) is 8.62. The predicted octanol–water partition coefficient (Wildman–Crippen LogP) is 5.01. The van der Waals surface area contributed by atoms with E-state index >= 15 is 0 Å². The third-order valence-corrected chi connectivity index (χ3v) is 5.39. The molecule has 0 radical (unpaired) electrons. The first-order valence-corrected chi connectivity index (χ1v) is 9.57. The van der Waals surface area contributed by atoms with Crippen LogP contribution in [0.4, 0.5) is 17.6 Å². The van der Waals surface area contributed by atoms with Crippen molar-refractivity contribution in [1.29, 1.82) is 0 Å². The molecule has 4 nitrogen and oxygen atoms in total. The second-order valence-electron chi connectivity index (χ2n) is 7.39. The van der Waals surface area contributed by atoms with Crippen LogP contribution in [0.2, 0.25) is 0 Å². The summed E-state index contributed by atoms with van der Waals surface area (Å²) in [6.45, 7) is 0.551. The highest BCUT2D eigenvalue weighted by Crippen LogP contribution is 2.35. The molecule has 166 valence electrons. The van der Waals surface area contributed by atoms with Crippen LogP contribution in [0.25, 0.3) is 10.8 Å². The molecule has 0 bridgehead atoms. The number of ether oxygens (including phenoxy) is 1. The maximum Gasteiger partial charge on any atom is 0.419 e. The van der Waals surface area contributed by atoms with Gasteiger partial charge in [-0.3, -0.25) is 4.98 Å². The molecule has 1 aromatic heterocycles. The molecule has 3 aromatic rings. The third-order valence-electron chi connectivity index (χ3n) is 5.39. The average Bonchev–Trinajstić information content (AvgIpc) is 2.69. The molecule has 1 aliphatic carbocycles. The normalized spacial score (nSPS) is 18.4. The number of hydrogen-bond donors (Lipinski definition) is 2. The highest BCUT2D eigenvalue weighted by atomic mass is 35.5. The Bertz CT molecular complexity index is 1060. The summed E-state index contributed by atoms with van der Waals surface area (Å²) in [5.74, 6) is -1.29. The van der Waals surface area contributed by atoms with Crippen LogP contribution in [0.1, 0.15) is 29.5 Å². The molecule has 0 aliphatic heterocycles. The van der Waals surface area contributed by atoms with E-state index in [2.05, 4.69) is 10.3 Å². The molecule has 2 aromatic carbocycles. The van der Waals surface area contributed by atoms with Crippen LogP contribution in [0.15, 0.2) is 48.8 Å². The van der Waals surface area contributed by atoms with Gasteiger partial charge in [0.15, 0.2) is 0 Å². The van der Waals surface area contributed by atoms with Crippen molar-refractivity contribution < 1.29 is 27.4 Å². The second kappa shape index (κ2) is 9.38. The molecule has 1 aliphatic rings. The van der Waals surface area contributed by atoms with Gasteiger partial charge < -0.3 is 15.2 Å². The van der Waals surface area contributed by atoms with Gasteiger partial charge >= 0.3 is 6.18 Å². The van der Waals surface area contributed by atoms with Crippen LogP contribution in [-0.2, 0) is 19.3 Å². The van der Waals surface area contributed by atoms with Crippen LogP contribution >= 0.6 is 12.4 Å². The molecule has 1 fully saturated rings. The smallest absolute Gasteiger partial charge is 0.419 e. The van der Waals surface area contributed by atoms with E-state index in [0.29, 0.717) is 25.5 Å². The lowest BCUT2D eigenvalue weighted by molar-refractivity contribution is -0.140. The molecular weight excluding hydrogens is 436 g/mol. The Morgan fingerprint density at radius 3 is 2.52 bits per heavy atom. The maximum atomic E-state index is 13.4. The largest absolute Gasteiger partial charge is 0.490 e. The molecule has 9 heteroatoms. The van der Waals surface area contributed by atoms with E-state index in [4.69, 9.17) is 4.74 Å². The number of aromatic nitrogens is 1. The summed E-state index contributed by atoms with van der Waals surface area (Å²) in [7, 11) is 0. The number of nitrogens with zero attached hydrogens (tertiary/aromatic N) is 1. The average molecular weight is 457 g/mol. The van der Waals surface area contributed by atoms with Gasteiger partial charge in [0.25, 0.3) is 0 Å². The lowest BCUT2D eigenvalue weighted by Crippen LogP contribution is -2.46. The van der Waals surface area contributed by atoms with Crippen molar-refractivity contribution in [2.75, 3.05) is 0 Å². The van der Waals surface area contributed by atoms with Crippen molar-refractivity contribution in [2.24, 2.45) is 0 Å². The fourth-order valence-electron chi connectivity index (χ4n) is 3.67. The van der Waals surface area contributed by atoms with Crippen LogP contribution in [0.3, 0.4) is 0 Å². The van der Waals surface area contributed by atoms with Gasteiger partial charge in [-0.15, -0.1) is 12.4 Å². The number of hydrogen-bond acceptors (Lipinski definition) is 4. The van der Waals surface area contributed by atoms with Gasteiger partial charge in [-0.2, -0.15) is 13.2 Å². The van der Waals surface area contributed by atoms with E-state index in [1.165, 1.54) is 6.07 Å². The summed E-state index contributed by atoms with van der Waals surface area (Å²) in [6.07, 6.45) is -0.239. The van der Waals surface area contributed by atoms with Gasteiger partial charge in [-0.05, 0) is 53.6 Å². The number of halogens is 5. The third kappa shape index (κ3) is 5.08. The quantitative estimate of drug-likeness (QED) is 0.512. The second-order valence-corrected chi connectivity index (χ2v) is 7.39. The molecule has 0 amide bonds. The number of nitrogens with one attached hydrogen (secondary N) is 1. The zero-order valence-electron chi connectivity index (χ0n) is 16.3. The summed E-state index contributed by atoms with van der Waals surface area (Å²) in [5.41, 5.74) is 0.570. The Morgan fingerprint density at radius 2 is 1.81 bits per heavy atom. The van der Waals surface area contributed by atoms with E-state index < -0.39 is 17.6 Å². The summed E-state index contributed by atoms with van der Waals surface area (Å²) >= 11 is 0. The maximum absolute atomic E-state index is 13.4. The molecule has 0 unspecified atom stereocenters. The zero-order valence-corrected chi connectivity index (χ0v) is 17.1. The first-order chi connectivity index (χ1) is 14.3. The SMILES string of the molecule is Cl.OCc1ccc(CNC2CC(Oc3ccc(F)c(C(F)(F)F)c3)C2)c2ccncc12. The van der Waals surface area contributed by atoms with Crippen molar-refractivity contribution in [3.05, 3.63) is 71.3 Å². The van der Waals surface area contributed by atoms with Gasteiger partial charge in [-0.1, -0.05) is 12.1 Å². The van der Waals surface area contributed by atoms with E-state index in [9.17, 15) is 22.7 Å². The highest BCUT2D eigenvalue weighted by molar-refractivity contribution is 5.87. The number of aliphatic hydroxyl groups is 1. The van der Waals surface area contributed by atoms with Gasteiger partial charge in [0.2, 0.25) is 0 Å². The van der Waals surface area contributed by atoms with E-state index in [-0.39, 0.29) is 36.9 Å². The van der Waals surface area contributed by atoms with E-state index in [1.54, 1.807) is 12.4 Å². The Hall–Kier alpha value is -2.42. The van der Waals surface area contributed by atoms with Crippen molar-refractivity contribution in [2.45, 2.75) is 44.3 Å². The lowest BCUT2D eigenvalue weighted by atomic mass is 9.88. The summed E-state index contributed by atoms with van der Waals surface area (Å²) in [4.78, 5) is 4.12. The summed E-state index contributed by atoms with van der Waals surface area (Å²) in [5, 5.41) is 14.8. The number of rotatable bonds is 6. The topological polar surface area (TPSA) is 54.4 Å². The molecule has 0 atom stereocenters. The molecular formula is C22H21ClF4N2O2. The van der Waals surface area contributed by atoms with Crippen molar-refractivity contribution >= 4 is 23.2 Å². The first-order valence-electron chi connectivity index (χ1n) is 9.57. The van der Waals surface area contributed by atoms with Crippen molar-refractivity contribution in [1.82, 2.24) is 10.3 Å². The predicted molar refractivity (Wildman–Crippen MR) is 111 cm³/mol. The number of pyridine rings is 1. The van der Waals surface area contributed by atoms with Crippen LogP contribution in [0.5, 0.6) is 5.75 Å². The lowest BCUT2D eigenvalue weighted by Gasteiger charge is -2.36. The van der Waals surface area contributed by atoms with Gasteiger partial charge in [0.1, 0.15) is 17.7 Å². The fourth-order valence-corrected chi connectivity index (χ4v) is 3.67. The zero-order chi connectivity index (χ0) is 21.3. The van der Waals surface area contributed by atoms with Gasteiger partial charge in [0, 0.05) is 30.4 Å². The van der Waals surface area contributed by atoms with Gasteiger partial charge in [0.05, 0.1) is 12.2 Å². The number of aliphatic hydroxyl groups excluding tert-OH is 1. The van der Waals surface area contributed by atoms with Gasteiger partial charge in [-0.25, -0.2) is 4.39 Å². The standard InChI is InChI=1S/C22H20F4N2O2.ClH/c23-21-4-3-16(9-20(21)22(24,25)26)30-17-7-15(8-17)28-10-13-1-2-14(12-29)19-11-27-6-5-18(13)19;/h1-6,9,11,15,17,28-29H,7-8,10,12H2;1H. The van der Waals surface area contributed by atoms with Crippen molar-refractivity contribution in [3.8, 4) is 5.75 Å². The Labute approximate surface area is 182 Å². The van der Waals surface area contributed by atoms with Crippen LogP contribution in [-0.4, -0.2) is 22.2 Å². The fraction of sp³-hybridized carbons (Fsp3) is 0.318.